The maximum atomic E-state index is 10.6. The Kier molecular flexibility index (Phi) is 2.70. The molecule has 3 N–H and O–H groups in total. The molecule has 0 spiro atoms. The van der Waals surface area contributed by atoms with Crippen LogP contribution in [0.4, 0.5) is 0 Å². The molecule has 1 heterocycles. The molecule has 0 aliphatic heterocycles. The summed E-state index contributed by atoms with van der Waals surface area (Å²) in [7, 11) is 0. The Bertz CT molecular complexity index is 492. The van der Waals surface area contributed by atoms with Crippen LogP contribution in [0.1, 0.15) is 4.88 Å². The smallest absolute Gasteiger partial charge is 0.320 e. The van der Waals surface area contributed by atoms with Gasteiger partial charge < -0.3 is 10.8 Å². The first-order valence-corrected chi connectivity index (χ1v) is 5.50. The Balaban J connectivity index is 2.32. The number of carboxylic acids is 1. The maximum Gasteiger partial charge on any atom is 0.320 e. The first kappa shape index (κ1) is 10.1. The fraction of sp³-hybridized carbons (Fsp3) is 0.182. The highest BCUT2D eigenvalue weighted by Crippen LogP contribution is 2.26. The molecule has 4 heteroatoms. The Morgan fingerprint density at radius 2 is 2.20 bits per heavy atom. The minimum Gasteiger partial charge on any atom is -0.480 e. The topological polar surface area (TPSA) is 63.3 Å². The number of thiophene rings is 1. The molecule has 0 unspecified atom stereocenters. The van der Waals surface area contributed by atoms with E-state index < -0.39 is 12.0 Å². The second-order valence-electron chi connectivity index (χ2n) is 3.39. The highest BCUT2D eigenvalue weighted by Gasteiger charge is 2.14. The van der Waals surface area contributed by atoms with E-state index in [4.69, 9.17) is 10.8 Å². The summed E-state index contributed by atoms with van der Waals surface area (Å²) in [5.74, 6) is -0.951. The highest BCUT2D eigenvalue weighted by molar-refractivity contribution is 7.11. The lowest BCUT2D eigenvalue weighted by atomic mass is 10.1. The molecule has 2 aromatic rings. The molecule has 0 amide bonds. The Morgan fingerprint density at radius 1 is 1.47 bits per heavy atom. The van der Waals surface area contributed by atoms with E-state index in [-0.39, 0.29) is 0 Å². The van der Waals surface area contributed by atoms with Gasteiger partial charge in [-0.15, -0.1) is 11.3 Å². The van der Waals surface area contributed by atoms with Gasteiger partial charge in [0.15, 0.2) is 0 Å². The van der Waals surface area contributed by atoms with Crippen LogP contribution in [0.15, 0.2) is 29.6 Å². The molecule has 1 atom stereocenters. The van der Waals surface area contributed by atoms with Gasteiger partial charge in [0, 0.05) is 11.3 Å². The zero-order valence-corrected chi connectivity index (χ0v) is 8.83. The lowest BCUT2D eigenvalue weighted by molar-refractivity contribution is -0.138. The van der Waals surface area contributed by atoms with E-state index in [0.717, 1.165) is 15.6 Å². The number of carboxylic acid groups (broad SMARTS) is 1. The van der Waals surface area contributed by atoms with Crippen molar-refractivity contribution in [1.82, 2.24) is 0 Å². The van der Waals surface area contributed by atoms with Crippen molar-refractivity contribution in [3.63, 3.8) is 0 Å². The summed E-state index contributed by atoms with van der Waals surface area (Å²) in [5, 5.41) is 13.0. The van der Waals surface area contributed by atoms with Crippen LogP contribution in [-0.2, 0) is 11.2 Å². The average molecular weight is 221 g/mol. The van der Waals surface area contributed by atoms with Crippen molar-refractivity contribution in [2.45, 2.75) is 12.5 Å². The van der Waals surface area contributed by atoms with Crippen LogP contribution in [0.25, 0.3) is 10.8 Å². The number of rotatable bonds is 3. The molecule has 3 nitrogen and oxygen atoms in total. The van der Waals surface area contributed by atoms with Gasteiger partial charge in [-0.3, -0.25) is 4.79 Å². The molecule has 15 heavy (non-hydrogen) atoms. The number of hydrogen-bond acceptors (Lipinski definition) is 3. The summed E-state index contributed by atoms with van der Waals surface area (Å²) < 4.78 is 0. The molecule has 0 fully saturated rings. The molecular formula is C11H11NO2S. The molecule has 0 aliphatic carbocycles. The first-order chi connectivity index (χ1) is 7.18. The van der Waals surface area contributed by atoms with Crippen molar-refractivity contribution in [3.05, 3.63) is 34.5 Å². The molecule has 78 valence electrons. The van der Waals surface area contributed by atoms with Gasteiger partial charge in [0.2, 0.25) is 0 Å². The van der Waals surface area contributed by atoms with Crippen LogP contribution >= 0.6 is 11.3 Å². The fourth-order valence-electron chi connectivity index (χ4n) is 1.50. The largest absolute Gasteiger partial charge is 0.480 e. The van der Waals surface area contributed by atoms with E-state index in [1.54, 1.807) is 11.3 Å². The van der Waals surface area contributed by atoms with E-state index in [9.17, 15) is 4.79 Å². The summed E-state index contributed by atoms with van der Waals surface area (Å²) in [6, 6.07) is 7.12. The van der Waals surface area contributed by atoms with Gasteiger partial charge in [0.05, 0.1) is 0 Å². The van der Waals surface area contributed by atoms with Crippen molar-refractivity contribution in [3.8, 4) is 0 Å². The van der Waals surface area contributed by atoms with Gasteiger partial charge in [0.1, 0.15) is 6.04 Å². The third-order valence-electron chi connectivity index (χ3n) is 2.31. The first-order valence-electron chi connectivity index (χ1n) is 4.62. The monoisotopic (exact) mass is 221 g/mol. The zero-order valence-electron chi connectivity index (χ0n) is 8.01. The molecule has 0 saturated carbocycles. The van der Waals surface area contributed by atoms with E-state index >= 15 is 0 Å². The molecule has 0 bridgehead atoms. The van der Waals surface area contributed by atoms with E-state index in [2.05, 4.69) is 0 Å². The predicted octanol–water partition coefficient (Wildman–Crippen LogP) is 1.86. The van der Waals surface area contributed by atoms with Crippen LogP contribution in [-0.4, -0.2) is 17.1 Å². The molecule has 0 saturated heterocycles. The molecule has 2 rings (SSSR count). The molecule has 1 aromatic carbocycles. The third kappa shape index (κ3) is 2.00. The van der Waals surface area contributed by atoms with Gasteiger partial charge in [0.25, 0.3) is 0 Å². The number of fused-ring (bicyclic) bond motifs is 1. The molecular weight excluding hydrogens is 210 g/mol. The van der Waals surface area contributed by atoms with Gasteiger partial charge in [-0.05, 0) is 16.2 Å². The Morgan fingerprint density at radius 3 is 2.93 bits per heavy atom. The maximum absolute atomic E-state index is 10.6. The Labute approximate surface area is 91.1 Å². The summed E-state index contributed by atoms with van der Waals surface area (Å²) in [6.07, 6.45) is 0.396. The highest BCUT2D eigenvalue weighted by atomic mass is 32.1. The summed E-state index contributed by atoms with van der Waals surface area (Å²) in [4.78, 5) is 11.7. The van der Waals surface area contributed by atoms with Crippen LogP contribution in [0.2, 0.25) is 0 Å². The second-order valence-corrected chi connectivity index (χ2v) is 4.36. The van der Waals surface area contributed by atoms with Gasteiger partial charge >= 0.3 is 5.97 Å². The molecule has 0 radical (unpaired) electrons. The quantitative estimate of drug-likeness (QED) is 0.831. The number of carbonyl (C=O) groups is 1. The fourth-order valence-corrected chi connectivity index (χ4v) is 2.56. The lowest BCUT2D eigenvalue weighted by Crippen LogP contribution is -2.31. The second kappa shape index (κ2) is 4.00. The predicted molar refractivity (Wildman–Crippen MR) is 61.1 cm³/mol. The summed E-state index contributed by atoms with van der Waals surface area (Å²) in [6.45, 7) is 0. The summed E-state index contributed by atoms with van der Waals surface area (Å²) >= 11 is 1.57. The lowest BCUT2D eigenvalue weighted by Gasteiger charge is -2.04. The van der Waals surface area contributed by atoms with Crippen LogP contribution in [0, 0.1) is 0 Å². The van der Waals surface area contributed by atoms with Crippen LogP contribution in [0.5, 0.6) is 0 Å². The minimum absolute atomic E-state index is 0.396. The standard InChI is InChI=1S/C11H11NO2S/c12-9(11(13)14)5-10-8-4-2-1-3-7(8)6-15-10/h1-4,6,9H,5,12H2,(H,13,14)/t9-/m0/s1. The van der Waals surface area contributed by atoms with Crippen molar-refractivity contribution < 1.29 is 9.90 Å². The van der Waals surface area contributed by atoms with Crippen LogP contribution < -0.4 is 5.73 Å². The van der Waals surface area contributed by atoms with Crippen molar-refractivity contribution in [1.29, 1.82) is 0 Å². The zero-order chi connectivity index (χ0) is 10.8. The third-order valence-corrected chi connectivity index (χ3v) is 3.35. The van der Waals surface area contributed by atoms with Gasteiger partial charge in [-0.25, -0.2) is 0 Å². The van der Waals surface area contributed by atoms with E-state index in [0.29, 0.717) is 6.42 Å². The van der Waals surface area contributed by atoms with Crippen LogP contribution in [0.3, 0.4) is 0 Å². The number of aliphatic carboxylic acids is 1. The number of benzene rings is 1. The van der Waals surface area contributed by atoms with E-state index in [1.165, 1.54) is 0 Å². The van der Waals surface area contributed by atoms with Crippen molar-refractivity contribution in [2.75, 3.05) is 0 Å². The average Bonchev–Trinajstić information content (AvgIpc) is 2.62. The number of nitrogens with two attached hydrogens (primary N) is 1. The van der Waals surface area contributed by atoms with E-state index in [1.807, 2.05) is 29.6 Å². The van der Waals surface area contributed by atoms with Gasteiger partial charge in [-0.2, -0.15) is 0 Å². The minimum atomic E-state index is -0.951. The Hall–Kier alpha value is -1.39. The summed E-state index contributed by atoms with van der Waals surface area (Å²) in [5.41, 5.74) is 5.51. The normalized spacial score (nSPS) is 12.9. The number of hydrogen-bond donors (Lipinski definition) is 2. The molecule has 0 aliphatic rings. The van der Waals surface area contributed by atoms with Gasteiger partial charge in [-0.1, -0.05) is 24.3 Å². The SMILES string of the molecule is N[C@@H](Cc1scc2ccccc12)C(=O)O. The van der Waals surface area contributed by atoms with Crippen molar-refractivity contribution in [2.24, 2.45) is 5.73 Å². The molecule has 1 aromatic heterocycles. The van der Waals surface area contributed by atoms with Crippen molar-refractivity contribution >= 4 is 28.1 Å².